The van der Waals surface area contributed by atoms with Crippen LogP contribution >= 0.6 is 23.1 Å². The molecule has 20 heavy (non-hydrogen) atoms. The van der Waals surface area contributed by atoms with Gasteiger partial charge < -0.3 is 5.32 Å². The summed E-state index contributed by atoms with van der Waals surface area (Å²) in [4.78, 5) is 15.1. The van der Waals surface area contributed by atoms with Gasteiger partial charge in [0.1, 0.15) is 5.69 Å². The molecule has 1 heterocycles. The summed E-state index contributed by atoms with van der Waals surface area (Å²) < 4.78 is 0.844. The third-order valence-corrected chi connectivity index (χ3v) is 4.69. The second kappa shape index (κ2) is 6.90. The minimum absolute atomic E-state index is 0.0822. The number of nitro groups is 1. The van der Waals surface area contributed by atoms with E-state index in [9.17, 15) is 10.1 Å². The van der Waals surface area contributed by atoms with Crippen LogP contribution in [0.1, 0.15) is 20.3 Å². The first-order valence-electron chi connectivity index (χ1n) is 6.48. The van der Waals surface area contributed by atoms with Gasteiger partial charge in [0.25, 0.3) is 0 Å². The summed E-state index contributed by atoms with van der Waals surface area (Å²) in [5.41, 5.74) is 2.75. The Hall–Kier alpha value is -1.34. The Bertz CT molecular complexity index is 600. The minimum Gasteiger partial charge on any atom is -0.377 e. The highest BCUT2D eigenvalue weighted by Crippen LogP contribution is 2.34. The van der Waals surface area contributed by atoms with Gasteiger partial charge in [-0.1, -0.05) is 6.92 Å². The number of fused-ring (bicyclic) bond motifs is 1. The largest absolute Gasteiger partial charge is 0.377 e. The molecule has 0 aliphatic carbocycles. The van der Waals surface area contributed by atoms with E-state index in [0.29, 0.717) is 11.2 Å². The predicted octanol–water partition coefficient (Wildman–Crippen LogP) is 4.15. The van der Waals surface area contributed by atoms with Crippen molar-refractivity contribution in [2.75, 3.05) is 16.8 Å². The molecule has 1 atom stereocenters. The number of aromatic nitrogens is 1. The molecule has 2 aromatic rings. The van der Waals surface area contributed by atoms with E-state index >= 15 is 0 Å². The van der Waals surface area contributed by atoms with E-state index in [1.807, 2.05) is 24.8 Å². The predicted molar refractivity (Wildman–Crippen MR) is 87.0 cm³/mol. The van der Waals surface area contributed by atoms with Gasteiger partial charge in [-0.05, 0) is 37.0 Å². The molecular formula is C13H17N3O2S2. The normalized spacial score (nSPS) is 12.5. The molecule has 1 unspecified atom stereocenters. The molecule has 0 saturated carbocycles. The van der Waals surface area contributed by atoms with Gasteiger partial charge in [-0.2, -0.15) is 11.8 Å². The van der Waals surface area contributed by atoms with Gasteiger partial charge in [0, 0.05) is 6.04 Å². The molecule has 108 valence electrons. The van der Waals surface area contributed by atoms with Crippen LogP contribution in [0, 0.1) is 10.1 Å². The highest BCUT2D eigenvalue weighted by molar-refractivity contribution is 7.99. The lowest BCUT2D eigenvalue weighted by atomic mass is 10.2. The number of anilines is 1. The van der Waals surface area contributed by atoms with Crippen LogP contribution in [0.2, 0.25) is 0 Å². The SMILES string of the molecule is CCSCCC(C)Nc1ccc2scnc2c1[N+](=O)[O-]. The van der Waals surface area contributed by atoms with Gasteiger partial charge in [-0.15, -0.1) is 11.3 Å². The zero-order chi connectivity index (χ0) is 14.5. The Kier molecular flexibility index (Phi) is 5.19. The molecule has 0 spiro atoms. The van der Waals surface area contributed by atoms with E-state index in [0.717, 1.165) is 22.6 Å². The molecule has 7 heteroatoms. The fraction of sp³-hybridized carbons (Fsp3) is 0.462. The maximum absolute atomic E-state index is 11.3. The van der Waals surface area contributed by atoms with Gasteiger partial charge in [0.05, 0.1) is 15.1 Å². The van der Waals surface area contributed by atoms with Crippen molar-refractivity contribution < 1.29 is 4.92 Å². The zero-order valence-electron chi connectivity index (χ0n) is 11.5. The Labute approximate surface area is 125 Å². The number of benzene rings is 1. The van der Waals surface area contributed by atoms with Crippen LogP contribution in [0.3, 0.4) is 0 Å². The molecule has 0 radical (unpaired) electrons. The molecule has 1 aromatic carbocycles. The number of thioether (sulfide) groups is 1. The van der Waals surface area contributed by atoms with Crippen LogP contribution in [0.25, 0.3) is 10.2 Å². The van der Waals surface area contributed by atoms with Gasteiger partial charge in [-0.25, -0.2) is 4.98 Å². The highest BCUT2D eigenvalue weighted by atomic mass is 32.2. The van der Waals surface area contributed by atoms with E-state index in [1.165, 1.54) is 11.3 Å². The summed E-state index contributed by atoms with van der Waals surface area (Å²) in [7, 11) is 0. The van der Waals surface area contributed by atoms with Crippen LogP contribution in [-0.2, 0) is 0 Å². The smallest absolute Gasteiger partial charge is 0.319 e. The average Bonchev–Trinajstić information content (AvgIpc) is 2.86. The lowest BCUT2D eigenvalue weighted by molar-refractivity contribution is -0.382. The summed E-state index contributed by atoms with van der Waals surface area (Å²) >= 11 is 3.29. The molecule has 1 N–H and O–H groups in total. The number of hydrogen-bond donors (Lipinski definition) is 1. The van der Waals surface area contributed by atoms with Crippen LogP contribution in [0.5, 0.6) is 0 Å². The van der Waals surface area contributed by atoms with Crippen molar-refractivity contribution in [3.05, 3.63) is 27.8 Å². The van der Waals surface area contributed by atoms with E-state index in [1.54, 1.807) is 11.6 Å². The summed E-state index contributed by atoms with van der Waals surface area (Å²) in [6.07, 6.45) is 0.977. The van der Waals surface area contributed by atoms with Crippen molar-refractivity contribution in [3.63, 3.8) is 0 Å². The number of nitrogens with one attached hydrogen (secondary N) is 1. The summed E-state index contributed by atoms with van der Waals surface area (Å²) in [6.45, 7) is 4.18. The topological polar surface area (TPSA) is 68.1 Å². The summed E-state index contributed by atoms with van der Waals surface area (Å²) in [5.74, 6) is 2.15. The number of nitro benzene ring substituents is 1. The molecule has 0 amide bonds. The number of hydrogen-bond acceptors (Lipinski definition) is 6. The van der Waals surface area contributed by atoms with Gasteiger partial charge in [0.2, 0.25) is 0 Å². The summed E-state index contributed by atoms with van der Waals surface area (Å²) in [5, 5.41) is 14.5. The molecular weight excluding hydrogens is 294 g/mol. The Morgan fingerprint density at radius 1 is 1.55 bits per heavy atom. The van der Waals surface area contributed by atoms with Crippen molar-refractivity contribution in [2.45, 2.75) is 26.3 Å². The molecule has 0 saturated heterocycles. The Balaban J connectivity index is 2.20. The number of rotatable bonds is 7. The Morgan fingerprint density at radius 2 is 2.35 bits per heavy atom. The molecule has 1 aromatic heterocycles. The van der Waals surface area contributed by atoms with Gasteiger partial charge >= 0.3 is 5.69 Å². The fourth-order valence-electron chi connectivity index (χ4n) is 1.96. The van der Waals surface area contributed by atoms with Crippen LogP contribution in [0.15, 0.2) is 17.6 Å². The van der Waals surface area contributed by atoms with E-state index in [2.05, 4.69) is 17.2 Å². The molecule has 5 nitrogen and oxygen atoms in total. The first-order valence-corrected chi connectivity index (χ1v) is 8.51. The third-order valence-electron chi connectivity index (χ3n) is 2.96. The van der Waals surface area contributed by atoms with Crippen LogP contribution in [-0.4, -0.2) is 27.5 Å². The average molecular weight is 311 g/mol. The summed E-state index contributed by atoms with van der Waals surface area (Å²) in [6, 6.07) is 3.86. The van der Waals surface area contributed by atoms with Crippen molar-refractivity contribution in [2.24, 2.45) is 0 Å². The highest BCUT2D eigenvalue weighted by Gasteiger charge is 2.21. The maximum atomic E-state index is 11.3. The van der Waals surface area contributed by atoms with Gasteiger partial charge in [-0.3, -0.25) is 10.1 Å². The maximum Gasteiger partial charge on any atom is 0.319 e. The van der Waals surface area contributed by atoms with E-state index in [-0.39, 0.29) is 16.7 Å². The lowest BCUT2D eigenvalue weighted by Gasteiger charge is -2.15. The molecule has 0 aliphatic rings. The first kappa shape index (κ1) is 15.1. The molecule has 0 aliphatic heterocycles. The van der Waals surface area contributed by atoms with Crippen LogP contribution in [0.4, 0.5) is 11.4 Å². The second-order valence-electron chi connectivity index (χ2n) is 4.45. The van der Waals surface area contributed by atoms with Crippen molar-refractivity contribution in [1.29, 1.82) is 0 Å². The van der Waals surface area contributed by atoms with E-state index < -0.39 is 0 Å². The monoisotopic (exact) mass is 311 g/mol. The number of thiazole rings is 1. The molecule has 0 bridgehead atoms. The lowest BCUT2D eigenvalue weighted by Crippen LogP contribution is -2.17. The van der Waals surface area contributed by atoms with Crippen molar-refractivity contribution >= 4 is 44.7 Å². The second-order valence-corrected chi connectivity index (χ2v) is 6.73. The number of nitrogens with zero attached hydrogens (tertiary/aromatic N) is 2. The van der Waals surface area contributed by atoms with Crippen LogP contribution < -0.4 is 5.32 Å². The molecule has 2 rings (SSSR count). The zero-order valence-corrected chi connectivity index (χ0v) is 13.1. The van der Waals surface area contributed by atoms with E-state index in [4.69, 9.17) is 0 Å². The van der Waals surface area contributed by atoms with Crippen molar-refractivity contribution in [1.82, 2.24) is 4.98 Å². The minimum atomic E-state index is -0.349. The Morgan fingerprint density at radius 3 is 3.05 bits per heavy atom. The standard InChI is InChI=1S/C13H17N3O2S2/c1-3-19-7-6-9(2)15-10-4-5-11-12(14-8-20-11)13(10)16(17)18/h4-5,8-9,15H,3,6-7H2,1-2H3. The first-order chi connectivity index (χ1) is 9.63. The third kappa shape index (κ3) is 3.40. The molecule has 0 fully saturated rings. The fourth-order valence-corrected chi connectivity index (χ4v) is 3.45. The quantitative estimate of drug-likeness (QED) is 0.472. The van der Waals surface area contributed by atoms with Gasteiger partial charge in [0.15, 0.2) is 5.52 Å². The van der Waals surface area contributed by atoms with Crippen molar-refractivity contribution in [3.8, 4) is 0 Å².